The SMILES string of the molecule is Cc1ccc(CN2CCC3(CC2)CCN(Cc2cccs2)C3)o1. The first-order chi connectivity index (χ1) is 11.2. The van der Waals surface area contributed by atoms with E-state index < -0.39 is 0 Å². The topological polar surface area (TPSA) is 19.6 Å². The van der Waals surface area contributed by atoms with E-state index in [1.165, 1.54) is 50.3 Å². The van der Waals surface area contributed by atoms with Crippen molar-refractivity contribution in [3.8, 4) is 0 Å². The number of furan rings is 1. The fourth-order valence-corrected chi connectivity index (χ4v) is 4.92. The van der Waals surface area contributed by atoms with Gasteiger partial charge in [0.15, 0.2) is 0 Å². The lowest BCUT2D eigenvalue weighted by atomic mass is 9.78. The Balaban J connectivity index is 1.29. The number of aryl methyl sites for hydroxylation is 1. The molecule has 0 unspecified atom stereocenters. The maximum absolute atomic E-state index is 5.73. The maximum Gasteiger partial charge on any atom is 0.118 e. The van der Waals surface area contributed by atoms with Crippen LogP contribution in [0.1, 0.15) is 35.7 Å². The molecule has 23 heavy (non-hydrogen) atoms. The average Bonchev–Trinajstić information content (AvgIpc) is 3.26. The Morgan fingerprint density at radius 2 is 1.83 bits per heavy atom. The first kappa shape index (κ1) is 15.4. The van der Waals surface area contributed by atoms with Gasteiger partial charge in [0.25, 0.3) is 0 Å². The van der Waals surface area contributed by atoms with E-state index >= 15 is 0 Å². The second kappa shape index (κ2) is 6.42. The molecule has 0 aliphatic carbocycles. The molecule has 4 rings (SSSR count). The average molecular weight is 330 g/mol. The molecular formula is C19H26N2OS. The Kier molecular flexibility index (Phi) is 4.31. The summed E-state index contributed by atoms with van der Waals surface area (Å²) in [4.78, 5) is 6.73. The number of likely N-dealkylation sites (tertiary alicyclic amines) is 2. The predicted octanol–water partition coefficient (Wildman–Crippen LogP) is 4.14. The van der Waals surface area contributed by atoms with E-state index in [9.17, 15) is 0 Å². The molecule has 0 atom stereocenters. The van der Waals surface area contributed by atoms with Crippen LogP contribution < -0.4 is 0 Å². The van der Waals surface area contributed by atoms with E-state index in [0.29, 0.717) is 5.41 Å². The molecule has 0 amide bonds. The van der Waals surface area contributed by atoms with Crippen molar-refractivity contribution in [1.29, 1.82) is 0 Å². The molecule has 0 radical (unpaired) electrons. The summed E-state index contributed by atoms with van der Waals surface area (Å²) in [6.07, 6.45) is 4.06. The lowest BCUT2D eigenvalue weighted by Crippen LogP contribution is -2.41. The van der Waals surface area contributed by atoms with Crippen LogP contribution >= 0.6 is 11.3 Å². The summed E-state index contributed by atoms with van der Waals surface area (Å²) in [6, 6.07) is 8.63. The van der Waals surface area contributed by atoms with Gasteiger partial charge in [0.2, 0.25) is 0 Å². The second-order valence-electron chi connectivity index (χ2n) is 7.33. The molecule has 2 aliphatic heterocycles. The number of hydrogen-bond acceptors (Lipinski definition) is 4. The summed E-state index contributed by atoms with van der Waals surface area (Å²) in [7, 11) is 0. The van der Waals surface area contributed by atoms with Crippen molar-refractivity contribution >= 4 is 11.3 Å². The number of thiophene rings is 1. The highest BCUT2D eigenvalue weighted by atomic mass is 32.1. The molecule has 2 saturated heterocycles. The van der Waals surface area contributed by atoms with Crippen LogP contribution in [0.5, 0.6) is 0 Å². The van der Waals surface area contributed by atoms with Crippen LogP contribution in [-0.4, -0.2) is 36.0 Å². The lowest BCUT2D eigenvalue weighted by Gasteiger charge is -2.39. The highest BCUT2D eigenvalue weighted by Gasteiger charge is 2.40. The molecule has 1 spiro atoms. The normalized spacial score (nSPS) is 22.1. The Morgan fingerprint density at radius 1 is 1.04 bits per heavy atom. The summed E-state index contributed by atoms with van der Waals surface area (Å²) in [5.74, 6) is 2.14. The quantitative estimate of drug-likeness (QED) is 0.840. The third-order valence-electron chi connectivity index (χ3n) is 5.57. The third-order valence-corrected chi connectivity index (χ3v) is 6.43. The molecule has 124 valence electrons. The molecule has 2 aromatic heterocycles. The van der Waals surface area contributed by atoms with Crippen LogP contribution in [0.3, 0.4) is 0 Å². The van der Waals surface area contributed by atoms with Gasteiger partial charge in [0, 0.05) is 18.0 Å². The number of rotatable bonds is 4. The van der Waals surface area contributed by atoms with E-state index in [-0.39, 0.29) is 0 Å². The standard InChI is InChI=1S/C19H26N2OS/c1-16-4-5-17(22-16)13-20-9-6-19(7-10-20)8-11-21(15-19)14-18-3-2-12-23-18/h2-5,12H,6-11,13-15H2,1H3. The highest BCUT2D eigenvalue weighted by Crippen LogP contribution is 2.41. The van der Waals surface area contributed by atoms with Gasteiger partial charge in [-0.2, -0.15) is 0 Å². The van der Waals surface area contributed by atoms with E-state index in [2.05, 4.69) is 39.4 Å². The largest absolute Gasteiger partial charge is 0.465 e. The van der Waals surface area contributed by atoms with Gasteiger partial charge in [-0.15, -0.1) is 11.3 Å². The zero-order valence-electron chi connectivity index (χ0n) is 14.0. The molecule has 0 aromatic carbocycles. The van der Waals surface area contributed by atoms with Crippen molar-refractivity contribution in [3.05, 3.63) is 46.0 Å². The summed E-state index contributed by atoms with van der Waals surface area (Å²) in [6.45, 7) is 9.14. The van der Waals surface area contributed by atoms with Gasteiger partial charge in [-0.25, -0.2) is 0 Å². The predicted molar refractivity (Wildman–Crippen MR) is 94.6 cm³/mol. The van der Waals surface area contributed by atoms with Gasteiger partial charge in [0.05, 0.1) is 6.54 Å². The van der Waals surface area contributed by atoms with Gasteiger partial charge >= 0.3 is 0 Å². The number of piperidine rings is 1. The van der Waals surface area contributed by atoms with Crippen molar-refractivity contribution in [2.75, 3.05) is 26.2 Å². The van der Waals surface area contributed by atoms with Gasteiger partial charge in [0.1, 0.15) is 11.5 Å². The van der Waals surface area contributed by atoms with Gasteiger partial charge in [-0.3, -0.25) is 9.80 Å². The van der Waals surface area contributed by atoms with Crippen molar-refractivity contribution in [3.63, 3.8) is 0 Å². The fourth-order valence-electron chi connectivity index (χ4n) is 4.17. The van der Waals surface area contributed by atoms with Crippen molar-refractivity contribution in [2.45, 2.75) is 39.3 Å². The van der Waals surface area contributed by atoms with E-state index in [1.807, 2.05) is 18.3 Å². The van der Waals surface area contributed by atoms with Crippen molar-refractivity contribution < 1.29 is 4.42 Å². The van der Waals surface area contributed by atoms with E-state index in [0.717, 1.165) is 24.6 Å². The molecule has 4 heteroatoms. The number of nitrogens with zero attached hydrogens (tertiary/aromatic N) is 2. The molecule has 2 fully saturated rings. The summed E-state index contributed by atoms with van der Waals surface area (Å²) < 4.78 is 5.73. The Hall–Kier alpha value is -1.10. The zero-order chi connectivity index (χ0) is 15.7. The molecule has 3 nitrogen and oxygen atoms in total. The lowest BCUT2D eigenvalue weighted by molar-refractivity contribution is 0.0968. The fraction of sp³-hybridized carbons (Fsp3) is 0.579. The molecule has 2 aliphatic rings. The molecule has 0 N–H and O–H groups in total. The van der Waals surface area contributed by atoms with Crippen LogP contribution in [0.4, 0.5) is 0 Å². The van der Waals surface area contributed by atoms with Crippen LogP contribution in [0, 0.1) is 12.3 Å². The smallest absolute Gasteiger partial charge is 0.118 e. The van der Waals surface area contributed by atoms with Crippen molar-refractivity contribution in [1.82, 2.24) is 9.80 Å². The third kappa shape index (κ3) is 3.54. The molecule has 4 heterocycles. The summed E-state index contributed by atoms with van der Waals surface area (Å²) in [5.41, 5.74) is 0.576. The molecule has 0 saturated carbocycles. The van der Waals surface area contributed by atoms with Crippen LogP contribution in [0.15, 0.2) is 34.1 Å². The first-order valence-electron chi connectivity index (χ1n) is 8.73. The highest BCUT2D eigenvalue weighted by molar-refractivity contribution is 7.09. The molecule has 2 aromatic rings. The summed E-state index contributed by atoms with van der Waals surface area (Å²) >= 11 is 1.89. The van der Waals surface area contributed by atoms with Crippen LogP contribution in [0.2, 0.25) is 0 Å². The van der Waals surface area contributed by atoms with Crippen LogP contribution in [-0.2, 0) is 13.1 Å². The minimum atomic E-state index is 0.576. The monoisotopic (exact) mass is 330 g/mol. The summed E-state index contributed by atoms with van der Waals surface area (Å²) in [5, 5.41) is 2.19. The molecule has 0 bridgehead atoms. The minimum absolute atomic E-state index is 0.576. The second-order valence-corrected chi connectivity index (χ2v) is 8.36. The Morgan fingerprint density at radius 3 is 2.48 bits per heavy atom. The molecular weight excluding hydrogens is 304 g/mol. The Bertz CT molecular complexity index is 626. The van der Waals surface area contributed by atoms with Crippen LogP contribution in [0.25, 0.3) is 0 Å². The Labute approximate surface area is 142 Å². The van der Waals surface area contributed by atoms with Crippen molar-refractivity contribution in [2.24, 2.45) is 5.41 Å². The zero-order valence-corrected chi connectivity index (χ0v) is 14.8. The maximum atomic E-state index is 5.73. The van der Waals surface area contributed by atoms with Gasteiger partial charge in [-0.05, 0) is 74.8 Å². The minimum Gasteiger partial charge on any atom is -0.465 e. The van der Waals surface area contributed by atoms with Gasteiger partial charge in [-0.1, -0.05) is 6.07 Å². The van der Waals surface area contributed by atoms with E-state index in [4.69, 9.17) is 4.42 Å². The van der Waals surface area contributed by atoms with Gasteiger partial charge < -0.3 is 4.42 Å². The number of hydrogen-bond donors (Lipinski definition) is 0. The first-order valence-corrected chi connectivity index (χ1v) is 9.61. The van der Waals surface area contributed by atoms with E-state index in [1.54, 1.807) is 0 Å².